The fraction of sp³-hybridized carbons (Fsp3) is 0.400. The lowest BCUT2D eigenvalue weighted by Gasteiger charge is -2.23. The van der Waals surface area contributed by atoms with Gasteiger partial charge in [0.05, 0.1) is 12.0 Å². The Bertz CT molecular complexity index is 1070. The van der Waals surface area contributed by atoms with Gasteiger partial charge in [-0.2, -0.15) is 0 Å². The van der Waals surface area contributed by atoms with E-state index in [-0.39, 0.29) is 11.6 Å². The topological polar surface area (TPSA) is 47.2 Å². The number of carbonyl (C=O) groups excluding carboxylic acids is 2. The summed E-state index contributed by atoms with van der Waals surface area (Å²) in [6.07, 6.45) is 15.7. The summed E-state index contributed by atoms with van der Waals surface area (Å²) < 4.78 is 0. The normalized spacial score (nSPS) is 30.6. The first-order chi connectivity index (χ1) is 14.3. The van der Waals surface area contributed by atoms with Crippen LogP contribution >= 0.6 is 0 Å². The van der Waals surface area contributed by atoms with Gasteiger partial charge in [-0.05, 0) is 32.3 Å². The van der Waals surface area contributed by atoms with Crippen LogP contribution in [0.3, 0.4) is 0 Å². The molecule has 150 valence electrons. The first kappa shape index (κ1) is 21.2. The molecule has 0 radical (unpaired) electrons. The number of nitrogens with zero attached hydrogens (tertiary/aromatic N) is 3. The predicted molar refractivity (Wildman–Crippen MR) is 114 cm³/mol. The molecule has 4 aliphatic carbocycles. The quantitative estimate of drug-likeness (QED) is 0.404. The molecular formula is C25H23N3O2. The molecule has 0 spiro atoms. The third kappa shape index (κ3) is 3.16. The van der Waals surface area contributed by atoms with E-state index in [9.17, 15) is 9.59 Å². The second kappa shape index (κ2) is 7.74. The Hall–Kier alpha value is -3.49. The van der Waals surface area contributed by atoms with Gasteiger partial charge in [0.15, 0.2) is 5.70 Å². The third-order valence-corrected chi connectivity index (χ3v) is 6.61. The van der Waals surface area contributed by atoms with Crippen LogP contribution in [0.1, 0.15) is 46.0 Å². The molecule has 0 aromatic carbocycles. The van der Waals surface area contributed by atoms with E-state index in [1.165, 1.54) is 0 Å². The van der Waals surface area contributed by atoms with Gasteiger partial charge in [0.1, 0.15) is 23.6 Å². The number of hydrogen-bond donors (Lipinski definition) is 0. The third-order valence-electron chi connectivity index (χ3n) is 6.61. The SMILES string of the molecule is [C-]#[N+]C1([N+]#[C-])CC=CCC2(C)C(=O)CC=C12.[C-]#[N+]C1=CC=CCC2(C)C(=O)CC=C12. The monoisotopic (exact) mass is 397 g/mol. The van der Waals surface area contributed by atoms with Gasteiger partial charge >= 0.3 is 5.66 Å². The van der Waals surface area contributed by atoms with E-state index in [0.717, 1.165) is 11.1 Å². The molecule has 5 nitrogen and oxygen atoms in total. The van der Waals surface area contributed by atoms with Gasteiger partial charge in [0.25, 0.3) is 0 Å². The van der Waals surface area contributed by atoms with Gasteiger partial charge in [0, 0.05) is 18.3 Å². The Labute approximate surface area is 177 Å². The molecule has 5 heteroatoms. The smallest absolute Gasteiger partial charge is 0.298 e. The Morgan fingerprint density at radius 1 is 0.833 bits per heavy atom. The fourth-order valence-corrected chi connectivity index (χ4v) is 4.59. The molecule has 0 aromatic heterocycles. The van der Waals surface area contributed by atoms with Crippen LogP contribution < -0.4 is 0 Å². The first-order valence-corrected chi connectivity index (χ1v) is 9.92. The van der Waals surface area contributed by atoms with E-state index >= 15 is 0 Å². The lowest BCUT2D eigenvalue weighted by Crippen LogP contribution is -2.34. The van der Waals surface area contributed by atoms with Crippen molar-refractivity contribution in [2.24, 2.45) is 10.8 Å². The molecule has 0 saturated carbocycles. The molecule has 0 N–H and O–H groups in total. The Morgan fingerprint density at radius 2 is 1.43 bits per heavy atom. The first-order valence-electron chi connectivity index (χ1n) is 9.92. The van der Waals surface area contributed by atoms with E-state index in [1.54, 1.807) is 12.2 Å². The number of Topliss-reactive ketones (excluding diaryl/α,β-unsaturated/α-hetero) is 2. The van der Waals surface area contributed by atoms with Crippen LogP contribution in [0.4, 0.5) is 0 Å². The average molecular weight is 397 g/mol. The maximum absolute atomic E-state index is 11.9. The van der Waals surface area contributed by atoms with Crippen LogP contribution in [-0.4, -0.2) is 17.2 Å². The molecule has 0 heterocycles. The zero-order valence-electron chi connectivity index (χ0n) is 17.2. The Morgan fingerprint density at radius 3 is 2.10 bits per heavy atom. The molecule has 2 atom stereocenters. The standard InChI is InChI=1S/C13H12N2O.C12H11NO/c1-12-8-4-5-9-13(14-2,15-3)10(12)6-7-11(12)16;1-12-8-4-3-5-10(13-2)9(12)6-7-11(12)14/h4-6H,7-9H2,1H3;3-6H,7-8H2,1H3. The van der Waals surface area contributed by atoms with Crippen molar-refractivity contribution in [2.75, 3.05) is 0 Å². The molecule has 0 saturated heterocycles. The van der Waals surface area contributed by atoms with Crippen molar-refractivity contribution in [2.45, 2.75) is 51.6 Å². The minimum atomic E-state index is -1.17. The minimum Gasteiger partial charge on any atom is -0.298 e. The maximum atomic E-state index is 11.9. The van der Waals surface area contributed by atoms with Gasteiger partial charge in [-0.25, -0.2) is 27.7 Å². The summed E-state index contributed by atoms with van der Waals surface area (Å²) in [7, 11) is 0. The largest absolute Gasteiger partial charge is 0.510 e. The fourth-order valence-electron chi connectivity index (χ4n) is 4.59. The van der Waals surface area contributed by atoms with Crippen molar-refractivity contribution in [3.8, 4) is 0 Å². The number of rotatable bonds is 0. The van der Waals surface area contributed by atoms with Gasteiger partial charge in [-0.1, -0.05) is 42.5 Å². The molecular weight excluding hydrogens is 374 g/mol. The summed E-state index contributed by atoms with van der Waals surface area (Å²) in [5.41, 5.74) is 0.0222. The van der Waals surface area contributed by atoms with Crippen LogP contribution in [0.15, 0.2) is 59.4 Å². The molecule has 0 fully saturated rings. The summed E-state index contributed by atoms with van der Waals surface area (Å²) in [5, 5.41) is 0. The lowest BCUT2D eigenvalue weighted by molar-refractivity contribution is -0.124. The van der Waals surface area contributed by atoms with Crippen molar-refractivity contribution in [1.82, 2.24) is 0 Å². The summed E-state index contributed by atoms with van der Waals surface area (Å²) >= 11 is 0. The van der Waals surface area contributed by atoms with Crippen molar-refractivity contribution in [3.05, 3.63) is 93.6 Å². The molecule has 0 bridgehead atoms. The van der Waals surface area contributed by atoms with E-state index < -0.39 is 16.5 Å². The Kier molecular flexibility index (Phi) is 5.47. The van der Waals surface area contributed by atoms with Crippen molar-refractivity contribution in [1.29, 1.82) is 0 Å². The van der Waals surface area contributed by atoms with Crippen molar-refractivity contribution in [3.63, 3.8) is 0 Å². The van der Waals surface area contributed by atoms with Gasteiger partial charge < -0.3 is 0 Å². The van der Waals surface area contributed by atoms with Gasteiger partial charge in [-0.15, -0.1) is 0 Å². The molecule has 2 unspecified atom stereocenters. The summed E-state index contributed by atoms with van der Waals surface area (Å²) in [6.45, 7) is 25.4. The number of carbonyl (C=O) groups is 2. The highest BCUT2D eigenvalue weighted by Gasteiger charge is 2.60. The van der Waals surface area contributed by atoms with E-state index in [1.807, 2.05) is 44.2 Å². The average Bonchev–Trinajstić information content (AvgIpc) is 3.06. The summed E-state index contributed by atoms with van der Waals surface area (Å²) in [6, 6.07) is 0. The number of ketones is 2. The molecule has 0 amide bonds. The molecule has 0 aliphatic heterocycles. The molecule has 0 aromatic rings. The van der Waals surface area contributed by atoms with Crippen LogP contribution in [0.5, 0.6) is 0 Å². The van der Waals surface area contributed by atoms with Crippen molar-refractivity contribution >= 4 is 11.6 Å². The minimum absolute atomic E-state index is 0.130. The maximum Gasteiger partial charge on any atom is 0.510 e. The van der Waals surface area contributed by atoms with Crippen LogP contribution in [-0.2, 0) is 9.59 Å². The summed E-state index contributed by atoms with van der Waals surface area (Å²) in [5.74, 6) is 0.360. The Balaban J connectivity index is 0.000000172. The highest BCUT2D eigenvalue weighted by atomic mass is 16.1. The number of fused-ring (bicyclic) bond motifs is 2. The highest BCUT2D eigenvalue weighted by molar-refractivity contribution is 5.94. The highest BCUT2D eigenvalue weighted by Crippen LogP contribution is 2.50. The van der Waals surface area contributed by atoms with E-state index in [0.29, 0.717) is 37.8 Å². The van der Waals surface area contributed by atoms with Crippen LogP contribution in [0.2, 0.25) is 0 Å². The molecule has 4 rings (SSSR count). The van der Waals surface area contributed by atoms with Crippen LogP contribution in [0.25, 0.3) is 14.5 Å². The number of hydrogen-bond acceptors (Lipinski definition) is 2. The zero-order chi connectivity index (χ0) is 22.0. The van der Waals surface area contributed by atoms with Crippen LogP contribution in [0, 0.1) is 30.5 Å². The van der Waals surface area contributed by atoms with E-state index in [2.05, 4.69) is 14.5 Å². The second-order valence-electron chi connectivity index (χ2n) is 8.37. The second-order valence-corrected chi connectivity index (χ2v) is 8.37. The molecule has 30 heavy (non-hydrogen) atoms. The summed E-state index contributed by atoms with van der Waals surface area (Å²) in [4.78, 5) is 34.1. The predicted octanol–water partition coefficient (Wildman–Crippen LogP) is 5.43. The van der Waals surface area contributed by atoms with Gasteiger partial charge in [0.2, 0.25) is 0 Å². The zero-order valence-corrected chi connectivity index (χ0v) is 17.2. The lowest BCUT2D eigenvalue weighted by atomic mass is 9.75. The number of allylic oxidation sites excluding steroid dienone is 7. The van der Waals surface area contributed by atoms with Gasteiger partial charge in [-0.3, -0.25) is 9.59 Å². The van der Waals surface area contributed by atoms with Crippen molar-refractivity contribution < 1.29 is 9.59 Å². The molecule has 4 aliphatic rings. The van der Waals surface area contributed by atoms with E-state index in [4.69, 9.17) is 19.7 Å².